The molecule has 2 aromatic heterocycles. The molecule has 2 nitrogen and oxygen atoms in total. The van der Waals surface area contributed by atoms with E-state index in [1.807, 2.05) is 6.07 Å². The Morgan fingerprint density at radius 1 is 1.41 bits per heavy atom. The Labute approximate surface area is 111 Å². The molecule has 0 unspecified atom stereocenters. The minimum atomic E-state index is 0.611. The molecule has 0 fully saturated rings. The van der Waals surface area contributed by atoms with Crippen molar-refractivity contribution in [2.75, 3.05) is 0 Å². The van der Waals surface area contributed by atoms with Gasteiger partial charge in [-0.2, -0.15) is 11.3 Å². The van der Waals surface area contributed by atoms with Crippen molar-refractivity contribution in [3.63, 3.8) is 0 Å². The predicted octanol–water partition coefficient (Wildman–Crippen LogP) is 4.37. The van der Waals surface area contributed by atoms with Gasteiger partial charge in [0.2, 0.25) is 0 Å². The second-order valence-electron chi connectivity index (χ2n) is 4.66. The van der Waals surface area contributed by atoms with Gasteiger partial charge in [0.25, 0.3) is 0 Å². The van der Waals surface area contributed by atoms with Gasteiger partial charge in [0.15, 0.2) is 0 Å². The first kappa shape index (κ1) is 12.5. The van der Waals surface area contributed by atoms with Crippen molar-refractivity contribution >= 4 is 23.6 Å². The number of nitrogens with zero attached hydrogens (tertiary/aromatic N) is 1. The van der Waals surface area contributed by atoms with Gasteiger partial charge >= 0.3 is 0 Å². The summed E-state index contributed by atoms with van der Waals surface area (Å²) in [5.74, 6) is 1.51. The van der Waals surface area contributed by atoms with Crippen molar-refractivity contribution < 1.29 is 0 Å². The molecule has 0 saturated heterocycles. The van der Waals surface area contributed by atoms with Gasteiger partial charge in [-0.3, -0.25) is 0 Å². The number of thiophene rings is 1. The summed E-state index contributed by atoms with van der Waals surface area (Å²) in [4.78, 5) is 7.80. The first-order valence-corrected chi connectivity index (χ1v) is 7.05. The van der Waals surface area contributed by atoms with E-state index in [9.17, 15) is 0 Å². The van der Waals surface area contributed by atoms with E-state index in [1.54, 1.807) is 11.3 Å². The van der Waals surface area contributed by atoms with Crippen LogP contribution in [0.2, 0.25) is 0 Å². The Hall–Kier alpha value is -1.00. The van der Waals surface area contributed by atoms with Gasteiger partial charge in [-0.15, -0.1) is 0 Å². The Balaban J connectivity index is 2.45. The SMILES string of the molecule is Cc1cscc1-c1nc(=S)cc(CC(C)C)[nH]1. The molecule has 1 N–H and O–H groups in total. The van der Waals surface area contributed by atoms with E-state index in [2.05, 4.69) is 41.5 Å². The van der Waals surface area contributed by atoms with E-state index in [-0.39, 0.29) is 0 Å². The van der Waals surface area contributed by atoms with Crippen molar-refractivity contribution in [1.82, 2.24) is 9.97 Å². The van der Waals surface area contributed by atoms with Crippen LogP contribution < -0.4 is 0 Å². The highest BCUT2D eigenvalue weighted by atomic mass is 32.1. The molecule has 0 radical (unpaired) electrons. The lowest BCUT2D eigenvalue weighted by molar-refractivity contribution is 0.634. The normalized spacial score (nSPS) is 11.1. The number of rotatable bonds is 3. The predicted molar refractivity (Wildman–Crippen MR) is 76.0 cm³/mol. The average molecular weight is 264 g/mol. The van der Waals surface area contributed by atoms with Crippen molar-refractivity contribution in [3.05, 3.63) is 32.7 Å². The second-order valence-corrected chi connectivity index (χ2v) is 5.82. The highest BCUT2D eigenvalue weighted by Crippen LogP contribution is 2.24. The van der Waals surface area contributed by atoms with Crippen molar-refractivity contribution in [3.8, 4) is 11.4 Å². The van der Waals surface area contributed by atoms with E-state index < -0.39 is 0 Å². The number of aromatic amines is 1. The third-order valence-electron chi connectivity index (χ3n) is 2.54. The fraction of sp³-hybridized carbons (Fsp3) is 0.385. The maximum atomic E-state index is 5.23. The van der Waals surface area contributed by atoms with E-state index in [4.69, 9.17) is 12.2 Å². The molecule has 0 amide bonds. The van der Waals surface area contributed by atoms with Crippen LogP contribution in [0, 0.1) is 17.5 Å². The maximum Gasteiger partial charge on any atom is 0.140 e. The number of H-pyrrole nitrogens is 1. The van der Waals surface area contributed by atoms with Crippen LogP contribution in [0.3, 0.4) is 0 Å². The molecule has 0 bridgehead atoms. The molecule has 2 rings (SSSR count). The zero-order valence-corrected chi connectivity index (χ0v) is 11.9. The molecule has 0 spiro atoms. The molecule has 4 heteroatoms. The number of hydrogen-bond donors (Lipinski definition) is 1. The van der Waals surface area contributed by atoms with E-state index >= 15 is 0 Å². The zero-order chi connectivity index (χ0) is 12.4. The molecule has 2 heterocycles. The maximum absolute atomic E-state index is 5.23. The van der Waals surface area contributed by atoms with Gasteiger partial charge in [0.05, 0.1) is 0 Å². The summed E-state index contributed by atoms with van der Waals surface area (Å²) in [7, 11) is 0. The Morgan fingerprint density at radius 3 is 2.76 bits per heavy atom. The third-order valence-corrected chi connectivity index (χ3v) is 3.61. The molecule has 0 aliphatic carbocycles. The van der Waals surface area contributed by atoms with Crippen LogP contribution in [-0.2, 0) is 6.42 Å². The van der Waals surface area contributed by atoms with Gasteiger partial charge in [-0.05, 0) is 36.3 Å². The fourth-order valence-electron chi connectivity index (χ4n) is 1.79. The van der Waals surface area contributed by atoms with Gasteiger partial charge in [0.1, 0.15) is 10.5 Å². The number of nitrogens with one attached hydrogen (secondary N) is 1. The number of aromatic nitrogens is 2. The molecule has 90 valence electrons. The summed E-state index contributed by atoms with van der Waals surface area (Å²) in [6, 6.07) is 1.96. The first-order valence-electron chi connectivity index (χ1n) is 5.69. The smallest absolute Gasteiger partial charge is 0.140 e. The zero-order valence-electron chi connectivity index (χ0n) is 10.3. The molecule has 0 atom stereocenters. The Morgan fingerprint density at radius 2 is 2.18 bits per heavy atom. The van der Waals surface area contributed by atoms with Crippen molar-refractivity contribution in [1.29, 1.82) is 0 Å². The van der Waals surface area contributed by atoms with Crippen LogP contribution in [0.25, 0.3) is 11.4 Å². The Kier molecular flexibility index (Phi) is 3.74. The molecule has 0 saturated carbocycles. The molecule has 0 aliphatic rings. The first-order chi connectivity index (χ1) is 8.06. The lowest BCUT2D eigenvalue weighted by atomic mass is 10.1. The van der Waals surface area contributed by atoms with Crippen molar-refractivity contribution in [2.45, 2.75) is 27.2 Å². The standard InChI is InChI=1S/C13H16N2S2/c1-8(2)4-10-5-12(16)15-13(14-10)11-7-17-6-9(11)3/h5-8H,4H2,1-3H3,(H,14,15,16). The third kappa shape index (κ3) is 3.01. The largest absolute Gasteiger partial charge is 0.343 e. The van der Waals surface area contributed by atoms with E-state index in [0.29, 0.717) is 10.6 Å². The Bertz CT molecular complexity index is 567. The quantitative estimate of drug-likeness (QED) is 0.834. The monoisotopic (exact) mass is 264 g/mol. The molecular weight excluding hydrogens is 248 g/mol. The van der Waals surface area contributed by atoms with Gasteiger partial charge in [0, 0.05) is 16.6 Å². The van der Waals surface area contributed by atoms with E-state index in [1.165, 1.54) is 11.3 Å². The summed E-state index contributed by atoms with van der Waals surface area (Å²) >= 11 is 6.92. The number of aryl methyl sites for hydroxylation is 1. The minimum absolute atomic E-state index is 0.611. The van der Waals surface area contributed by atoms with Crippen LogP contribution in [0.5, 0.6) is 0 Å². The fourth-order valence-corrected chi connectivity index (χ4v) is 2.85. The van der Waals surface area contributed by atoms with Crippen LogP contribution in [-0.4, -0.2) is 9.97 Å². The highest BCUT2D eigenvalue weighted by Gasteiger charge is 2.07. The molecule has 0 aliphatic heterocycles. The summed E-state index contributed by atoms with van der Waals surface area (Å²) in [5.41, 5.74) is 3.57. The highest BCUT2D eigenvalue weighted by molar-refractivity contribution is 7.71. The number of hydrogen-bond acceptors (Lipinski definition) is 3. The summed E-state index contributed by atoms with van der Waals surface area (Å²) in [5, 5.41) is 4.24. The summed E-state index contributed by atoms with van der Waals surface area (Å²) < 4.78 is 0.667. The molecule has 2 aromatic rings. The summed E-state index contributed by atoms with van der Waals surface area (Å²) in [6.45, 7) is 6.50. The molecular formula is C13H16N2S2. The lowest BCUT2D eigenvalue weighted by Gasteiger charge is -2.07. The minimum Gasteiger partial charge on any atom is -0.343 e. The molecule has 17 heavy (non-hydrogen) atoms. The van der Waals surface area contributed by atoms with Gasteiger partial charge < -0.3 is 4.98 Å². The van der Waals surface area contributed by atoms with Crippen LogP contribution >= 0.6 is 23.6 Å². The van der Waals surface area contributed by atoms with E-state index in [0.717, 1.165) is 17.8 Å². The molecule has 0 aromatic carbocycles. The second kappa shape index (κ2) is 5.10. The van der Waals surface area contributed by atoms with Gasteiger partial charge in [-0.1, -0.05) is 26.1 Å². The topological polar surface area (TPSA) is 28.7 Å². The summed E-state index contributed by atoms with van der Waals surface area (Å²) in [6.07, 6.45) is 1.00. The lowest BCUT2D eigenvalue weighted by Crippen LogP contribution is -2.00. The van der Waals surface area contributed by atoms with Crippen LogP contribution in [0.1, 0.15) is 25.1 Å². The van der Waals surface area contributed by atoms with Crippen molar-refractivity contribution in [2.24, 2.45) is 5.92 Å². The average Bonchev–Trinajstić information content (AvgIpc) is 2.62. The van der Waals surface area contributed by atoms with Crippen LogP contribution in [0.15, 0.2) is 16.8 Å². The van der Waals surface area contributed by atoms with Crippen LogP contribution in [0.4, 0.5) is 0 Å². The van der Waals surface area contributed by atoms with Gasteiger partial charge in [-0.25, -0.2) is 4.98 Å².